The predicted octanol–water partition coefficient (Wildman–Crippen LogP) is 14.4. The summed E-state index contributed by atoms with van der Waals surface area (Å²) >= 11 is 0. The SMILES string of the molecule is c1ccc(-c2cc(-c3ccccc3-c3ccc4c5c6ccccc6ccc5n(-c5ccccc5)c4c3)cc(N(c3ccccc3)c3ccccc3)c2)cc1. The zero-order valence-electron chi connectivity index (χ0n) is 29.7. The predicted molar refractivity (Wildman–Crippen MR) is 229 cm³/mol. The van der Waals surface area contributed by atoms with E-state index in [1.165, 1.54) is 60.4 Å². The Morgan fingerprint density at radius 3 is 1.59 bits per heavy atom. The molecule has 1 aromatic heterocycles. The number of benzene rings is 9. The van der Waals surface area contributed by atoms with E-state index < -0.39 is 0 Å². The standard InChI is InChI=1S/C52H36N2/c1-5-17-37(18-6-1)40-33-41(35-45(34-40)53(42-20-7-2-8-21-42)43-22-9-3-10-23-43)47-27-16-15-26-46(47)39-29-31-49-51(36-39)54(44-24-11-4-12-25-44)50-32-30-38-19-13-14-28-48(38)52(49)50/h1-36H. The van der Waals surface area contributed by atoms with Crippen molar-refractivity contribution in [1.82, 2.24) is 4.57 Å². The van der Waals surface area contributed by atoms with Crippen molar-refractivity contribution in [3.63, 3.8) is 0 Å². The Morgan fingerprint density at radius 2 is 0.889 bits per heavy atom. The number of para-hydroxylation sites is 3. The van der Waals surface area contributed by atoms with Crippen LogP contribution in [0.4, 0.5) is 17.1 Å². The quantitative estimate of drug-likeness (QED) is 0.162. The van der Waals surface area contributed by atoms with Crippen molar-refractivity contribution in [2.45, 2.75) is 0 Å². The molecule has 2 nitrogen and oxygen atoms in total. The summed E-state index contributed by atoms with van der Waals surface area (Å²) in [5.74, 6) is 0. The van der Waals surface area contributed by atoms with Crippen LogP contribution in [0.5, 0.6) is 0 Å². The summed E-state index contributed by atoms with van der Waals surface area (Å²) in [5, 5.41) is 5.06. The molecule has 0 bridgehead atoms. The molecule has 0 aliphatic heterocycles. The maximum Gasteiger partial charge on any atom is 0.0547 e. The third kappa shape index (κ3) is 5.53. The molecule has 0 saturated carbocycles. The zero-order valence-corrected chi connectivity index (χ0v) is 29.7. The van der Waals surface area contributed by atoms with Crippen molar-refractivity contribution in [2.75, 3.05) is 4.90 Å². The van der Waals surface area contributed by atoms with Crippen molar-refractivity contribution in [3.8, 4) is 39.1 Å². The van der Waals surface area contributed by atoms with Gasteiger partial charge in [0.15, 0.2) is 0 Å². The normalized spacial score (nSPS) is 11.3. The molecule has 0 aliphatic carbocycles. The number of aromatic nitrogens is 1. The summed E-state index contributed by atoms with van der Waals surface area (Å²) < 4.78 is 2.43. The largest absolute Gasteiger partial charge is 0.310 e. The molecule has 10 rings (SSSR count). The number of rotatable bonds is 7. The van der Waals surface area contributed by atoms with Gasteiger partial charge in [0, 0.05) is 33.5 Å². The molecule has 0 radical (unpaired) electrons. The smallest absolute Gasteiger partial charge is 0.0547 e. The lowest BCUT2D eigenvalue weighted by atomic mass is 9.91. The highest BCUT2D eigenvalue weighted by Crippen LogP contribution is 2.43. The van der Waals surface area contributed by atoms with Crippen LogP contribution >= 0.6 is 0 Å². The monoisotopic (exact) mass is 688 g/mol. The van der Waals surface area contributed by atoms with Gasteiger partial charge in [0.25, 0.3) is 0 Å². The van der Waals surface area contributed by atoms with Gasteiger partial charge in [-0.25, -0.2) is 0 Å². The van der Waals surface area contributed by atoms with E-state index in [1.807, 2.05) is 0 Å². The van der Waals surface area contributed by atoms with Crippen molar-refractivity contribution in [3.05, 3.63) is 218 Å². The van der Waals surface area contributed by atoms with Gasteiger partial charge in [-0.2, -0.15) is 0 Å². The first-order chi connectivity index (χ1) is 26.8. The topological polar surface area (TPSA) is 8.17 Å². The Bertz CT molecular complexity index is 2870. The van der Waals surface area contributed by atoms with Gasteiger partial charge in [-0.1, -0.05) is 152 Å². The lowest BCUT2D eigenvalue weighted by molar-refractivity contribution is 1.18. The van der Waals surface area contributed by atoms with Crippen LogP contribution < -0.4 is 4.90 Å². The Hall–Kier alpha value is -7.16. The minimum atomic E-state index is 1.10. The Kier molecular flexibility index (Phi) is 7.85. The van der Waals surface area contributed by atoms with E-state index >= 15 is 0 Å². The van der Waals surface area contributed by atoms with E-state index in [9.17, 15) is 0 Å². The molecule has 9 aromatic carbocycles. The average Bonchev–Trinajstić information content (AvgIpc) is 3.59. The third-order valence-corrected chi connectivity index (χ3v) is 10.5. The van der Waals surface area contributed by atoms with Crippen LogP contribution in [0.15, 0.2) is 218 Å². The number of hydrogen-bond donors (Lipinski definition) is 0. The van der Waals surface area contributed by atoms with E-state index in [1.54, 1.807) is 0 Å². The summed E-state index contributed by atoms with van der Waals surface area (Å²) in [6.45, 7) is 0. The molecule has 0 saturated heterocycles. The minimum Gasteiger partial charge on any atom is -0.310 e. The van der Waals surface area contributed by atoms with Crippen LogP contribution in [0, 0.1) is 0 Å². The van der Waals surface area contributed by atoms with E-state index in [-0.39, 0.29) is 0 Å². The second-order valence-corrected chi connectivity index (χ2v) is 13.8. The molecule has 254 valence electrons. The van der Waals surface area contributed by atoms with Gasteiger partial charge in [0.2, 0.25) is 0 Å². The Balaban J connectivity index is 1.21. The molecule has 10 aromatic rings. The molecule has 0 spiro atoms. The second kappa shape index (κ2) is 13.4. The fraction of sp³-hybridized carbons (Fsp3) is 0. The van der Waals surface area contributed by atoms with Crippen molar-refractivity contribution < 1.29 is 0 Å². The molecule has 0 aliphatic rings. The maximum absolute atomic E-state index is 2.43. The number of hydrogen-bond acceptors (Lipinski definition) is 1. The van der Waals surface area contributed by atoms with Crippen LogP contribution in [-0.2, 0) is 0 Å². The van der Waals surface area contributed by atoms with Gasteiger partial charge in [0.05, 0.1) is 11.0 Å². The van der Waals surface area contributed by atoms with Crippen LogP contribution in [0.3, 0.4) is 0 Å². The van der Waals surface area contributed by atoms with E-state index in [0.717, 1.165) is 28.3 Å². The molecular formula is C52H36N2. The van der Waals surface area contributed by atoms with Gasteiger partial charge in [-0.05, 0) is 111 Å². The van der Waals surface area contributed by atoms with E-state index in [2.05, 4.69) is 228 Å². The van der Waals surface area contributed by atoms with Crippen LogP contribution in [-0.4, -0.2) is 4.57 Å². The number of anilines is 3. The first kappa shape index (κ1) is 31.6. The molecular weight excluding hydrogens is 653 g/mol. The first-order valence-corrected chi connectivity index (χ1v) is 18.5. The molecule has 2 heteroatoms. The average molecular weight is 689 g/mol. The van der Waals surface area contributed by atoms with Crippen LogP contribution in [0.25, 0.3) is 71.6 Å². The second-order valence-electron chi connectivity index (χ2n) is 13.8. The summed E-state index contributed by atoms with van der Waals surface area (Å²) in [5.41, 5.74) is 13.9. The summed E-state index contributed by atoms with van der Waals surface area (Å²) in [7, 11) is 0. The summed E-state index contributed by atoms with van der Waals surface area (Å²) in [4.78, 5) is 2.35. The van der Waals surface area contributed by atoms with Crippen LogP contribution in [0.1, 0.15) is 0 Å². The van der Waals surface area contributed by atoms with Gasteiger partial charge >= 0.3 is 0 Å². The highest BCUT2D eigenvalue weighted by atomic mass is 15.1. The Labute approximate surface area is 315 Å². The lowest BCUT2D eigenvalue weighted by Gasteiger charge is -2.27. The fourth-order valence-electron chi connectivity index (χ4n) is 8.09. The van der Waals surface area contributed by atoms with Crippen molar-refractivity contribution in [1.29, 1.82) is 0 Å². The molecule has 0 fully saturated rings. The van der Waals surface area contributed by atoms with E-state index in [0.29, 0.717) is 0 Å². The molecule has 0 N–H and O–H groups in total. The molecule has 0 amide bonds. The third-order valence-electron chi connectivity index (χ3n) is 10.5. The van der Waals surface area contributed by atoms with E-state index in [4.69, 9.17) is 0 Å². The number of nitrogens with zero attached hydrogens (tertiary/aromatic N) is 2. The van der Waals surface area contributed by atoms with Gasteiger partial charge in [-0.3, -0.25) is 0 Å². The maximum atomic E-state index is 2.43. The highest BCUT2D eigenvalue weighted by molar-refractivity contribution is 6.21. The molecule has 54 heavy (non-hydrogen) atoms. The Morgan fingerprint density at radius 1 is 0.315 bits per heavy atom. The highest BCUT2D eigenvalue weighted by Gasteiger charge is 2.19. The van der Waals surface area contributed by atoms with Gasteiger partial charge in [-0.15, -0.1) is 0 Å². The first-order valence-electron chi connectivity index (χ1n) is 18.5. The summed E-state index contributed by atoms with van der Waals surface area (Å²) in [6.07, 6.45) is 0. The molecule has 1 heterocycles. The van der Waals surface area contributed by atoms with Crippen molar-refractivity contribution in [2.24, 2.45) is 0 Å². The molecule has 0 atom stereocenters. The fourth-order valence-corrected chi connectivity index (χ4v) is 8.09. The number of fused-ring (bicyclic) bond motifs is 5. The van der Waals surface area contributed by atoms with Gasteiger partial charge in [0.1, 0.15) is 0 Å². The minimum absolute atomic E-state index is 1.10. The summed E-state index contributed by atoms with van der Waals surface area (Å²) in [6, 6.07) is 78.9. The zero-order chi connectivity index (χ0) is 35.8. The van der Waals surface area contributed by atoms with Crippen LogP contribution in [0.2, 0.25) is 0 Å². The lowest BCUT2D eigenvalue weighted by Crippen LogP contribution is -2.10. The van der Waals surface area contributed by atoms with Crippen molar-refractivity contribution >= 4 is 49.6 Å². The molecule has 0 unspecified atom stereocenters. The van der Waals surface area contributed by atoms with Gasteiger partial charge < -0.3 is 9.47 Å².